The maximum Gasteiger partial charge on any atom is 0.324 e. The molecule has 0 bridgehead atoms. The van der Waals surface area contributed by atoms with Gasteiger partial charge in [0.2, 0.25) is 11.8 Å². The molecule has 1 fully saturated rings. The molecule has 2 heterocycles. The molecule has 7 nitrogen and oxygen atoms in total. The second kappa shape index (κ2) is 6.87. The molecule has 1 aliphatic heterocycles. The van der Waals surface area contributed by atoms with Gasteiger partial charge >= 0.3 is 6.03 Å². The van der Waals surface area contributed by atoms with E-state index in [0.29, 0.717) is 23.4 Å². The van der Waals surface area contributed by atoms with Crippen molar-refractivity contribution in [1.82, 2.24) is 20.4 Å². The molecule has 1 aromatic carbocycles. The first kappa shape index (κ1) is 17.5. The molecule has 2 aromatic rings. The first-order chi connectivity index (χ1) is 11.8. The predicted molar refractivity (Wildman–Crippen MR) is 94.3 cm³/mol. The maximum absolute atomic E-state index is 11.5. The van der Waals surface area contributed by atoms with Crippen LogP contribution in [0, 0.1) is 0 Å². The fourth-order valence-corrected chi connectivity index (χ4v) is 3.09. The largest absolute Gasteiger partial charge is 0.411 e. The van der Waals surface area contributed by atoms with Crippen LogP contribution in [-0.2, 0) is 10.2 Å². The van der Waals surface area contributed by atoms with Gasteiger partial charge in [0.05, 0.1) is 6.54 Å². The minimum absolute atomic E-state index is 0.0682. The summed E-state index contributed by atoms with van der Waals surface area (Å²) >= 11 is 1.32. The molecule has 0 atom stereocenters. The van der Waals surface area contributed by atoms with Crippen LogP contribution in [0.2, 0.25) is 0 Å². The molecule has 8 heteroatoms. The topological polar surface area (TPSA) is 88.3 Å². The number of benzene rings is 1. The highest BCUT2D eigenvalue weighted by Crippen LogP contribution is 2.27. The third kappa shape index (κ3) is 4.01. The van der Waals surface area contributed by atoms with Crippen molar-refractivity contribution in [3.8, 4) is 11.5 Å². The lowest BCUT2D eigenvalue weighted by Crippen LogP contribution is -2.32. The molecule has 0 saturated carbocycles. The van der Waals surface area contributed by atoms with Crippen molar-refractivity contribution in [1.29, 1.82) is 0 Å². The predicted octanol–water partition coefficient (Wildman–Crippen LogP) is 2.68. The summed E-state index contributed by atoms with van der Waals surface area (Å²) in [5.74, 6) is 0.748. The Morgan fingerprint density at radius 2 is 1.92 bits per heavy atom. The summed E-state index contributed by atoms with van der Waals surface area (Å²) in [5, 5.41) is 11.0. The minimum atomic E-state index is -0.351. The van der Waals surface area contributed by atoms with E-state index in [1.807, 2.05) is 12.1 Å². The number of hydrogen-bond acceptors (Lipinski definition) is 6. The van der Waals surface area contributed by atoms with Crippen molar-refractivity contribution in [3.05, 3.63) is 29.8 Å². The van der Waals surface area contributed by atoms with Gasteiger partial charge in [0, 0.05) is 17.9 Å². The SMILES string of the molecule is CC(C)(C)c1ccc(-c2nnc(SCCN3C(=O)CNC3=O)o2)cc1. The third-order valence-corrected chi connectivity index (χ3v) is 4.68. The normalized spacial score (nSPS) is 14.9. The van der Waals surface area contributed by atoms with E-state index in [-0.39, 0.29) is 23.9 Å². The number of nitrogens with zero attached hydrogens (tertiary/aromatic N) is 3. The monoisotopic (exact) mass is 360 g/mol. The molecule has 1 aliphatic rings. The van der Waals surface area contributed by atoms with Gasteiger partial charge in [-0.1, -0.05) is 44.7 Å². The van der Waals surface area contributed by atoms with E-state index in [2.05, 4.69) is 48.4 Å². The molecule has 25 heavy (non-hydrogen) atoms. The fourth-order valence-electron chi connectivity index (χ4n) is 2.40. The van der Waals surface area contributed by atoms with Crippen LogP contribution >= 0.6 is 11.8 Å². The van der Waals surface area contributed by atoms with Crippen molar-refractivity contribution in [2.75, 3.05) is 18.8 Å². The molecule has 1 N–H and O–H groups in total. The maximum atomic E-state index is 11.5. The summed E-state index contributed by atoms with van der Waals surface area (Å²) in [5.41, 5.74) is 2.19. The molecule has 0 aliphatic carbocycles. The average molecular weight is 360 g/mol. The average Bonchev–Trinajstić information content (AvgIpc) is 3.16. The summed E-state index contributed by atoms with van der Waals surface area (Å²) in [7, 11) is 0. The van der Waals surface area contributed by atoms with E-state index in [1.165, 1.54) is 22.2 Å². The van der Waals surface area contributed by atoms with Gasteiger partial charge in [-0.15, -0.1) is 10.2 Å². The Morgan fingerprint density at radius 1 is 1.20 bits per heavy atom. The smallest absolute Gasteiger partial charge is 0.324 e. The van der Waals surface area contributed by atoms with Crippen LogP contribution in [0.15, 0.2) is 33.9 Å². The van der Waals surface area contributed by atoms with Crippen molar-refractivity contribution in [3.63, 3.8) is 0 Å². The van der Waals surface area contributed by atoms with Crippen molar-refractivity contribution in [2.45, 2.75) is 31.4 Å². The van der Waals surface area contributed by atoms with Gasteiger partial charge in [0.1, 0.15) is 0 Å². The number of rotatable bonds is 5. The molecule has 0 spiro atoms. The van der Waals surface area contributed by atoms with Gasteiger partial charge < -0.3 is 9.73 Å². The van der Waals surface area contributed by atoms with Gasteiger partial charge in [-0.3, -0.25) is 9.69 Å². The van der Waals surface area contributed by atoms with Gasteiger partial charge in [-0.05, 0) is 23.1 Å². The number of imide groups is 1. The fraction of sp³-hybridized carbons (Fsp3) is 0.412. The number of carbonyl (C=O) groups excluding carboxylic acids is 2. The molecular formula is C17H20N4O3S. The lowest BCUT2D eigenvalue weighted by atomic mass is 9.87. The van der Waals surface area contributed by atoms with Crippen LogP contribution in [0.25, 0.3) is 11.5 Å². The molecule has 0 radical (unpaired) electrons. The zero-order chi connectivity index (χ0) is 18.0. The Hall–Kier alpha value is -2.35. The minimum Gasteiger partial charge on any atom is -0.411 e. The van der Waals surface area contributed by atoms with E-state index >= 15 is 0 Å². The Kier molecular flexibility index (Phi) is 4.80. The second-order valence-corrected chi connectivity index (χ2v) is 7.80. The van der Waals surface area contributed by atoms with Crippen LogP contribution in [0.3, 0.4) is 0 Å². The number of urea groups is 1. The molecule has 1 saturated heterocycles. The molecular weight excluding hydrogens is 340 g/mol. The number of aromatic nitrogens is 2. The lowest BCUT2D eigenvalue weighted by Gasteiger charge is -2.18. The van der Waals surface area contributed by atoms with Gasteiger partial charge in [-0.2, -0.15) is 0 Å². The summed E-state index contributed by atoms with van der Waals surface area (Å²) in [6.45, 7) is 6.87. The summed E-state index contributed by atoms with van der Waals surface area (Å²) in [6, 6.07) is 7.70. The Morgan fingerprint density at radius 3 is 2.52 bits per heavy atom. The van der Waals surface area contributed by atoms with Crippen molar-refractivity contribution < 1.29 is 14.0 Å². The Bertz CT molecular complexity index is 764. The van der Waals surface area contributed by atoms with E-state index < -0.39 is 0 Å². The highest BCUT2D eigenvalue weighted by atomic mass is 32.2. The van der Waals surface area contributed by atoms with Gasteiger partial charge in [0.25, 0.3) is 5.22 Å². The number of thioether (sulfide) groups is 1. The Balaban J connectivity index is 1.59. The zero-order valence-corrected chi connectivity index (χ0v) is 15.2. The van der Waals surface area contributed by atoms with Crippen molar-refractivity contribution in [2.24, 2.45) is 0 Å². The van der Waals surface area contributed by atoms with Gasteiger partial charge in [0.15, 0.2) is 0 Å². The summed E-state index contributed by atoms with van der Waals surface area (Å²) in [6.07, 6.45) is 0. The quantitative estimate of drug-likeness (QED) is 0.651. The van der Waals surface area contributed by atoms with Crippen LogP contribution < -0.4 is 5.32 Å². The number of nitrogens with one attached hydrogen (secondary N) is 1. The van der Waals surface area contributed by atoms with Crippen LogP contribution in [-0.4, -0.2) is 45.9 Å². The third-order valence-electron chi connectivity index (χ3n) is 3.88. The molecule has 132 valence electrons. The second-order valence-electron chi connectivity index (χ2n) is 6.75. The van der Waals surface area contributed by atoms with E-state index in [4.69, 9.17) is 4.42 Å². The highest BCUT2D eigenvalue weighted by Gasteiger charge is 2.27. The van der Waals surface area contributed by atoms with Crippen LogP contribution in [0.1, 0.15) is 26.3 Å². The number of amides is 3. The lowest BCUT2D eigenvalue weighted by molar-refractivity contribution is -0.124. The molecule has 3 amide bonds. The zero-order valence-electron chi connectivity index (χ0n) is 14.4. The summed E-state index contributed by atoms with van der Waals surface area (Å²) < 4.78 is 5.65. The van der Waals surface area contributed by atoms with Crippen molar-refractivity contribution >= 4 is 23.7 Å². The van der Waals surface area contributed by atoms with Crippen LogP contribution in [0.4, 0.5) is 4.79 Å². The number of hydrogen-bond donors (Lipinski definition) is 1. The first-order valence-corrected chi connectivity index (χ1v) is 8.98. The first-order valence-electron chi connectivity index (χ1n) is 8.00. The van der Waals surface area contributed by atoms with E-state index in [0.717, 1.165) is 5.56 Å². The van der Waals surface area contributed by atoms with Crippen LogP contribution in [0.5, 0.6) is 0 Å². The highest BCUT2D eigenvalue weighted by molar-refractivity contribution is 7.99. The van der Waals surface area contributed by atoms with E-state index in [1.54, 1.807) is 0 Å². The van der Waals surface area contributed by atoms with E-state index in [9.17, 15) is 9.59 Å². The molecule has 0 unspecified atom stereocenters. The molecule has 1 aromatic heterocycles. The standard InChI is InChI=1S/C17H20N4O3S/c1-17(2,3)12-6-4-11(5-7-12)14-19-20-16(24-14)25-9-8-21-13(22)10-18-15(21)23/h4-7H,8-10H2,1-3H3,(H,18,23). The number of carbonyl (C=O) groups is 2. The summed E-state index contributed by atoms with van der Waals surface area (Å²) in [4.78, 5) is 24.1. The van der Waals surface area contributed by atoms with Gasteiger partial charge in [-0.25, -0.2) is 4.79 Å². The molecule has 3 rings (SSSR count). The Labute approximate surface area is 150 Å².